The van der Waals surface area contributed by atoms with Crippen molar-refractivity contribution < 1.29 is 4.79 Å². The fraction of sp³-hybridized carbons (Fsp3) is 0.533. The van der Waals surface area contributed by atoms with Crippen molar-refractivity contribution in [2.45, 2.75) is 27.2 Å². The van der Waals surface area contributed by atoms with Gasteiger partial charge in [0, 0.05) is 16.7 Å². The molecule has 2 nitrogen and oxygen atoms in total. The molecule has 0 aliphatic carbocycles. The van der Waals surface area contributed by atoms with E-state index in [0.29, 0.717) is 5.92 Å². The summed E-state index contributed by atoms with van der Waals surface area (Å²) in [7, 11) is 0. The molecule has 1 saturated heterocycles. The molecular formula is C15H20INO. The lowest BCUT2D eigenvalue weighted by atomic mass is 9.88. The molecule has 1 aromatic rings. The van der Waals surface area contributed by atoms with Gasteiger partial charge in [-0.15, -0.1) is 0 Å². The summed E-state index contributed by atoms with van der Waals surface area (Å²) in [6, 6.07) is 5.97. The van der Waals surface area contributed by atoms with Crippen LogP contribution in [-0.2, 0) is 0 Å². The summed E-state index contributed by atoms with van der Waals surface area (Å²) in [5.41, 5.74) is 2.04. The monoisotopic (exact) mass is 357 g/mol. The Morgan fingerprint density at radius 3 is 2.72 bits per heavy atom. The standard InChI is InChI=1S/C15H20INO/c1-10-7-8-17(9-12(10)3)15(18)13-6-4-5-11(2)14(13)16/h4-6,10,12H,7-9H2,1-3H3. The van der Waals surface area contributed by atoms with Gasteiger partial charge in [-0.1, -0.05) is 26.0 Å². The van der Waals surface area contributed by atoms with Crippen LogP contribution in [0.5, 0.6) is 0 Å². The zero-order valence-electron chi connectivity index (χ0n) is 11.2. The first-order chi connectivity index (χ1) is 8.50. The lowest BCUT2D eigenvalue weighted by molar-refractivity contribution is 0.0626. The van der Waals surface area contributed by atoms with Crippen molar-refractivity contribution in [2.75, 3.05) is 13.1 Å². The zero-order valence-corrected chi connectivity index (χ0v) is 13.4. The van der Waals surface area contributed by atoms with E-state index in [-0.39, 0.29) is 5.91 Å². The molecule has 0 aromatic heterocycles. The highest BCUT2D eigenvalue weighted by Crippen LogP contribution is 2.25. The molecule has 1 heterocycles. The molecule has 1 amide bonds. The Morgan fingerprint density at radius 1 is 1.33 bits per heavy atom. The quantitative estimate of drug-likeness (QED) is 0.702. The number of nitrogens with zero attached hydrogens (tertiary/aromatic N) is 1. The summed E-state index contributed by atoms with van der Waals surface area (Å²) in [6.45, 7) is 8.37. The summed E-state index contributed by atoms with van der Waals surface area (Å²) in [5, 5.41) is 0. The first-order valence-corrected chi connectivity index (χ1v) is 7.63. The van der Waals surface area contributed by atoms with E-state index >= 15 is 0 Å². The highest BCUT2D eigenvalue weighted by Gasteiger charge is 2.27. The minimum Gasteiger partial charge on any atom is -0.338 e. The molecule has 0 bridgehead atoms. The van der Waals surface area contributed by atoms with Gasteiger partial charge in [0.15, 0.2) is 0 Å². The predicted molar refractivity (Wildman–Crippen MR) is 82.7 cm³/mol. The van der Waals surface area contributed by atoms with E-state index in [0.717, 1.165) is 34.6 Å². The average molecular weight is 357 g/mol. The molecule has 0 N–H and O–H groups in total. The van der Waals surface area contributed by atoms with Gasteiger partial charge in [-0.05, 0) is 59.4 Å². The number of carbonyl (C=O) groups is 1. The van der Waals surface area contributed by atoms with Crippen LogP contribution in [0, 0.1) is 22.3 Å². The molecule has 3 heteroatoms. The zero-order chi connectivity index (χ0) is 13.3. The van der Waals surface area contributed by atoms with Crippen LogP contribution in [-0.4, -0.2) is 23.9 Å². The van der Waals surface area contributed by atoms with Gasteiger partial charge in [-0.2, -0.15) is 0 Å². The average Bonchev–Trinajstić information content (AvgIpc) is 2.35. The molecule has 0 radical (unpaired) electrons. The molecule has 1 aliphatic heterocycles. The van der Waals surface area contributed by atoms with Gasteiger partial charge in [0.1, 0.15) is 0 Å². The molecule has 2 rings (SSSR count). The van der Waals surface area contributed by atoms with Crippen LogP contribution in [0.4, 0.5) is 0 Å². The van der Waals surface area contributed by atoms with E-state index in [1.165, 1.54) is 5.56 Å². The van der Waals surface area contributed by atoms with E-state index < -0.39 is 0 Å². The Morgan fingerprint density at radius 2 is 2.06 bits per heavy atom. The molecule has 1 aromatic carbocycles. The third-order valence-electron chi connectivity index (χ3n) is 4.04. The summed E-state index contributed by atoms with van der Waals surface area (Å²) < 4.78 is 1.09. The third kappa shape index (κ3) is 2.71. The predicted octanol–water partition coefficient (Wildman–Crippen LogP) is 3.72. The van der Waals surface area contributed by atoms with Crippen LogP contribution in [0.25, 0.3) is 0 Å². The van der Waals surface area contributed by atoms with Gasteiger partial charge < -0.3 is 4.90 Å². The van der Waals surface area contributed by atoms with Gasteiger partial charge >= 0.3 is 0 Å². The second-order valence-corrected chi connectivity index (χ2v) is 6.51. The molecular weight excluding hydrogens is 337 g/mol. The van der Waals surface area contributed by atoms with Crippen LogP contribution in [0.1, 0.15) is 36.2 Å². The number of hydrogen-bond acceptors (Lipinski definition) is 1. The fourth-order valence-corrected chi connectivity index (χ4v) is 3.02. The smallest absolute Gasteiger partial charge is 0.254 e. The number of aryl methyl sites for hydroxylation is 1. The number of hydrogen-bond donors (Lipinski definition) is 0. The summed E-state index contributed by atoms with van der Waals surface area (Å²) in [5.74, 6) is 1.53. The maximum absolute atomic E-state index is 12.5. The maximum atomic E-state index is 12.5. The van der Waals surface area contributed by atoms with Crippen LogP contribution in [0.3, 0.4) is 0 Å². The maximum Gasteiger partial charge on any atom is 0.254 e. The highest BCUT2D eigenvalue weighted by atomic mass is 127. The summed E-state index contributed by atoms with van der Waals surface area (Å²) in [6.07, 6.45) is 1.12. The van der Waals surface area contributed by atoms with Crippen LogP contribution in [0.15, 0.2) is 18.2 Å². The van der Waals surface area contributed by atoms with E-state index in [1.54, 1.807) is 0 Å². The lowest BCUT2D eigenvalue weighted by Crippen LogP contribution is -2.42. The molecule has 2 unspecified atom stereocenters. The number of amides is 1. The Kier molecular flexibility index (Phi) is 4.30. The Balaban J connectivity index is 2.19. The number of rotatable bonds is 1. The lowest BCUT2D eigenvalue weighted by Gasteiger charge is -2.35. The Bertz CT molecular complexity index is 458. The van der Waals surface area contributed by atoms with Gasteiger partial charge in [-0.25, -0.2) is 0 Å². The van der Waals surface area contributed by atoms with Crippen molar-refractivity contribution >= 4 is 28.5 Å². The first kappa shape index (κ1) is 13.8. The van der Waals surface area contributed by atoms with Crippen molar-refractivity contribution in [1.82, 2.24) is 4.90 Å². The molecule has 0 spiro atoms. The van der Waals surface area contributed by atoms with Crippen molar-refractivity contribution in [1.29, 1.82) is 0 Å². The van der Waals surface area contributed by atoms with Crippen LogP contribution in [0.2, 0.25) is 0 Å². The molecule has 18 heavy (non-hydrogen) atoms. The minimum absolute atomic E-state index is 0.196. The fourth-order valence-electron chi connectivity index (χ4n) is 2.43. The Hall–Kier alpha value is -0.580. The minimum atomic E-state index is 0.196. The topological polar surface area (TPSA) is 20.3 Å². The largest absolute Gasteiger partial charge is 0.338 e. The van der Waals surface area contributed by atoms with Crippen LogP contribution >= 0.6 is 22.6 Å². The van der Waals surface area contributed by atoms with E-state index in [1.807, 2.05) is 17.0 Å². The molecule has 98 valence electrons. The van der Waals surface area contributed by atoms with E-state index in [2.05, 4.69) is 49.4 Å². The van der Waals surface area contributed by atoms with Gasteiger partial charge in [0.25, 0.3) is 5.91 Å². The van der Waals surface area contributed by atoms with Gasteiger partial charge in [-0.3, -0.25) is 4.79 Å². The summed E-state index contributed by atoms with van der Waals surface area (Å²) in [4.78, 5) is 14.6. The van der Waals surface area contributed by atoms with Gasteiger partial charge in [0.2, 0.25) is 0 Å². The first-order valence-electron chi connectivity index (χ1n) is 6.55. The number of piperidine rings is 1. The molecule has 1 fully saturated rings. The molecule has 1 aliphatic rings. The second kappa shape index (κ2) is 5.59. The summed E-state index contributed by atoms with van der Waals surface area (Å²) >= 11 is 2.28. The number of likely N-dealkylation sites (tertiary alicyclic amines) is 1. The van der Waals surface area contributed by atoms with E-state index in [9.17, 15) is 4.79 Å². The normalized spacial score (nSPS) is 24.1. The van der Waals surface area contributed by atoms with Crippen molar-refractivity contribution in [3.8, 4) is 0 Å². The van der Waals surface area contributed by atoms with Crippen molar-refractivity contribution in [3.63, 3.8) is 0 Å². The second-order valence-electron chi connectivity index (χ2n) is 5.43. The third-order valence-corrected chi connectivity index (χ3v) is 5.48. The molecule has 0 saturated carbocycles. The Labute approximate surface area is 123 Å². The SMILES string of the molecule is Cc1cccc(C(=O)N2CCC(C)C(C)C2)c1I. The van der Waals surface area contributed by atoms with Crippen molar-refractivity contribution in [2.24, 2.45) is 11.8 Å². The number of benzene rings is 1. The van der Waals surface area contributed by atoms with Crippen molar-refractivity contribution in [3.05, 3.63) is 32.9 Å². The highest BCUT2D eigenvalue weighted by molar-refractivity contribution is 14.1. The van der Waals surface area contributed by atoms with Gasteiger partial charge in [0.05, 0.1) is 5.56 Å². The number of carbonyl (C=O) groups excluding carboxylic acids is 1. The van der Waals surface area contributed by atoms with E-state index in [4.69, 9.17) is 0 Å². The van der Waals surface area contributed by atoms with Crippen LogP contribution < -0.4 is 0 Å². The molecule has 2 atom stereocenters. The number of halogens is 1.